The molecular formula is C40H49IrN2O2-. The number of aliphatic hydroxyl groups excluding tert-OH is 1. The Morgan fingerprint density at radius 3 is 2.22 bits per heavy atom. The predicted molar refractivity (Wildman–Crippen MR) is 183 cm³/mol. The molecule has 4 aromatic rings. The second-order valence-corrected chi connectivity index (χ2v) is 13.8. The minimum absolute atomic E-state index is 0. The van der Waals surface area contributed by atoms with Gasteiger partial charge in [-0.1, -0.05) is 90.0 Å². The molecule has 4 nitrogen and oxygen atoms in total. The summed E-state index contributed by atoms with van der Waals surface area (Å²) in [6.45, 7) is 15.0. The van der Waals surface area contributed by atoms with Crippen LogP contribution in [0.5, 0.6) is 0 Å². The van der Waals surface area contributed by atoms with Gasteiger partial charge in [-0.25, -0.2) is 0 Å². The van der Waals surface area contributed by atoms with Gasteiger partial charge in [0.15, 0.2) is 5.78 Å². The van der Waals surface area contributed by atoms with Crippen molar-refractivity contribution in [1.82, 2.24) is 9.97 Å². The summed E-state index contributed by atoms with van der Waals surface area (Å²) in [4.78, 5) is 21.0. The molecule has 2 aromatic heterocycles. The third-order valence-corrected chi connectivity index (χ3v) is 10.2. The zero-order valence-electron chi connectivity index (χ0n) is 28.1. The third-order valence-electron chi connectivity index (χ3n) is 10.2. The Kier molecular flexibility index (Phi) is 11.1. The van der Waals surface area contributed by atoms with Gasteiger partial charge in [0.25, 0.3) is 0 Å². The summed E-state index contributed by atoms with van der Waals surface area (Å²) < 4.78 is 0. The number of nitrogens with zero attached hydrogens (tertiary/aromatic N) is 2. The van der Waals surface area contributed by atoms with Gasteiger partial charge in [-0.2, -0.15) is 0 Å². The first-order chi connectivity index (χ1) is 21.1. The number of ketones is 1. The van der Waals surface area contributed by atoms with E-state index in [1.807, 2.05) is 46.3 Å². The van der Waals surface area contributed by atoms with Crippen LogP contribution in [0.2, 0.25) is 0 Å². The number of allylic oxidation sites excluding steroid dienone is 2. The van der Waals surface area contributed by atoms with Gasteiger partial charge in [0.2, 0.25) is 0 Å². The van der Waals surface area contributed by atoms with E-state index in [0.29, 0.717) is 0 Å². The number of benzene rings is 2. The minimum Gasteiger partial charge on any atom is -0.512 e. The fourth-order valence-corrected chi connectivity index (χ4v) is 7.39. The molecule has 2 aliphatic carbocycles. The smallest absolute Gasteiger partial charge is 0.162 e. The topological polar surface area (TPSA) is 63.1 Å². The van der Waals surface area contributed by atoms with Gasteiger partial charge >= 0.3 is 0 Å². The van der Waals surface area contributed by atoms with E-state index in [9.17, 15) is 9.90 Å². The molecule has 0 atom stereocenters. The molecule has 0 saturated heterocycles. The molecule has 2 aromatic carbocycles. The average Bonchev–Trinajstić information content (AvgIpc) is 3.51. The molecule has 45 heavy (non-hydrogen) atoms. The standard InChI is InChI=1S/C27H25N2.C13H24O2.Ir/c1-26(2,3)20-12-18-7-11-29-25-21-13-17-6-10-28-16-19(17)14-22(21)27(8-4-5-9-27)23(15-20)24(18)25;1-5-10(6-2)12(14)9-13(15)11(7-3)8-4;/h6-7,10-12,14-16H,4-5,8-9H2,1-3H3;9-11,14H,5-8H2,1-4H3;/q-1;;/b;12-9-;. The fraction of sp³-hybridized carbons (Fsp3) is 0.475. The van der Waals surface area contributed by atoms with Crippen molar-refractivity contribution in [3.63, 3.8) is 0 Å². The van der Waals surface area contributed by atoms with E-state index in [1.54, 1.807) is 0 Å². The quantitative estimate of drug-likeness (QED) is 0.115. The van der Waals surface area contributed by atoms with Crippen LogP contribution in [-0.4, -0.2) is 20.9 Å². The van der Waals surface area contributed by atoms with E-state index < -0.39 is 0 Å². The number of aromatic nitrogens is 2. The molecule has 0 aliphatic heterocycles. The average molecular weight is 782 g/mol. The van der Waals surface area contributed by atoms with E-state index in [-0.39, 0.29) is 54.3 Å². The van der Waals surface area contributed by atoms with Crippen molar-refractivity contribution in [2.75, 3.05) is 0 Å². The normalized spacial score (nSPS) is 15.3. The predicted octanol–water partition coefficient (Wildman–Crippen LogP) is 10.6. The Labute approximate surface area is 283 Å². The fourth-order valence-electron chi connectivity index (χ4n) is 7.39. The van der Waals surface area contributed by atoms with Crippen molar-refractivity contribution >= 4 is 27.3 Å². The van der Waals surface area contributed by atoms with Gasteiger partial charge in [0, 0.05) is 49.9 Å². The zero-order chi connectivity index (χ0) is 31.6. The van der Waals surface area contributed by atoms with Gasteiger partial charge in [0.1, 0.15) is 0 Å². The Morgan fingerprint density at radius 1 is 0.933 bits per heavy atom. The van der Waals surface area contributed by atoms with Crippen LogP contribution in [-0.2, 0) is 35.7 Å². The van der Waals surface area contributed by atoms with Crippen LogP contribution in [0.1, 0.15) is 117 Å². The van der Waals surface area contributed by atoms with Crippen LogP contribution in [0.4, 0.5) is 0 Å². The number of hydrogen-bond acceptors (Lipinski definition) is 4. The maximum absolute atomic E-state index is 11.7. The first kappa shape index (κ1) is 35.0. The van der Waals surface area contributed by atoms with Gasteiger partial charge in [-0.3, -0.25) is 14.8 Å². The zero-order valence-corrected chi connectivity index (χ0v) is 30.5. The molecule has 5 heteroatoms. The SMILES string of the molecule is CC(C)(C)c1cc2c3c(nccc3c1)-c1[c-]c3ccncc3cc1C21CCCC1.CCC(CC)C(=O)/C=C(\O)C(CC)CC.[Ir]. The number of aliphatic hydroxyl groups is 1. The van der Waals surface area contributed by atoms with Crippen molar-refractivity contribution in [3.8, 4) is 11.3 Å². The summed E-state index contributed by atoms with van der Waals surface area (Å²) in [7, 11) is 0. The summed E-state index contributed by atoms with van der Waals surface area (Å²) in [5.74, 6) is 0.547. The first-order valence-electron chi connectivity index (χ1n) is 16.8. The number of carbonyl (C=O) groups excluding carboxylic acids is 1. The van der Waals surface area contributed by atoms with E-state index in [0.717, 1.165) is 36.8 Å². The van der Waals surface area contributed by atoms with Gasteiger partial charge < -0.3 is 5.11 Å². The molecule has 2 aliphatic rings. The second-order valence-electron chi connectivity index (χ2n) is 13.8. The van der Waals surface area contributed by atoms with Gasteiger partial charge in [0.05, 0.1) is 5.76 Å². The van der Waals surface area contributed by atoms with Crippen molar-refractivity contribution < 1.29 is 30.0 Å². The summed E-state index contributed by atoms with van der Waals surface area (Å²) in [6.07, 6.45) is 15.7. The molecule has 1 radical (unpaired) electrons. The van der Waals surface area contributed by atoms with E-state index in [4.69, 9.17) is 4.98 Å². The largest absolute Gasteiger partial charge is 0.512 e. The van der Waals surface area contributed by atoms with Crippen LogP contribution in [0, 0.1) is 17.9 Å². The van der Waals surface area contributed by atoms with Crippen LogP contribution in [0.25, 0.3) is 32.8 Å². The van der Waals surface area contributed by atoms with Crippen LogP contribution < -0.4 is 0 Å². The van der Waals surface area contributed by atoms with Crippen LogP contribution >= 0.6 is 0 Å². The van der Waals surface area contributed by atoms with E-state index >= 15 is 0 Å². The molecule has 0 amide bonds. The number of carbonyl (C=O) groups is 1. The summed E-state index contributed by atoms with van der Waals surface area (Å²) in [5, 5.41) is 14.7. The molecule has 1 spiro atoms. The maximum atomic E-state index is 11.7. The Bertz CT molecular complexity index is 1690. The molecule has 0 bridgehead atoms. The molecule has 1 N–H and O–H groups in total. The van der Waals surface area contributed by atoms with E-state index in [2.05, 4.69) is 62.2 Å². The van der Waals surface area contributed by atoms with Crippen molar-refractivity contribution in [1.29, 1.82) is 0 Å². The molecule has 2 heterocycles. The van der Waals surface area contributed by atoms with E-state index in [1.165, 1.54) is 70.2 Å². The molecule has 1 fully saturated rings. The number of hydrogen-bond donors (Lipinski definition) is 1. The monoisotopic (exact) mass is 782 g/mol. The van der Waals surface area contributed by atoms with Gasteiger partial charge in [-0.15, -0.1) is 23.6 Å². The van der Waals surface area contributed by atoms with Gasteiger partial charge in [-0.05, 0) is 89.7 Å². The van der Waals surface area contributed by atoms with Crippen molar-refractivity contribution in [2.24, 2.45) is 11.8 Å². The molecule has 6 rings (SSSR count). The Hall–Kier alpha value is -2.88. The molecule has 1 saturated carbocycles. The van der Waals surface area contributed by atoms with Crippen LogP contribution in [0.3, 0.4) is 0 Å². The third kappa shape index (κ3) is 6.67. The Balaban J connectivity index is 0.000000249. The summed E-state index contributed by atoms with van der Waals surface area (Å²) in [6, 6.07) is 15.3. The summed E-state index contributed by atoms with van der Waals surface area (Å²) >= 11 is 0. The Morgan fingerprint density at radius 2 is 1.60 bits per heavy atom. The first-order valence-corrected chi connectivity index (χ1v) is 16.8. The number of fused-ring (bicyclic) bond motifs is 5. The molecule has 241 valence electrons. The molecular weight excluding hydrogens is 733 g/mol. The number of pyridine rings is 2. The second kappa shape index (κ2) is 14.3. The minimum atomic E-state index is 0. The maximum Gasteiger partial charge on any atom is 0.162 e. The van der Waals surface area contributed by atoms with Crippen LogP contribution in [0.15, 0.2) is 60.8 Å². The molecule has 0 unspecified atom stereocenters. The summed E-state index contributed by atoms with van der Waals surface area (Å²) in [5.41, 5.74) is 6.81. The van der Waals surface area contributed by atoms with Crippen molar-refractivity contribution in [3.05, 3.63) is 83.5 Å². The van der Waals surface area contributed by atoms with Crippen molar-refractivity contribution in [2.45, 2.75) is 111 Å². The number of rotatable bonds is 7.